The van der Waals surface area contributed by atoms with Gasteiger partial charge in [-0.05, 0) is 13.0 Å². The molecule has 116 valence electrons. The zero-order valence-corrected chi connectivity index (χ0v) is 13.2. The maximum atomic E-state index is 11.1. The van der Waals surface area contributed by atoms with E-state index in [1.165, 1.54) is 11.1 Å². The van der Waals surface area contributed by atoms with E-state index in [4.69, 9.17) is 28.3 Å². The molecule has 0 aromatic carbocycles. The van der Waals surface area contributed by atoms with Crippen LogP contribution in [0.2, 0.25) is 10.2 Å². The number of amides is 1. The molecule has 1 N–H and O–H groups in total. The second kappa shape index (κ2) is 5.73. The van der Waals surface area contributed by atoms with Gasteiger partial charge in [0.25, 0.3) is 0 Å². The highest BCUT2D eigenvalue weighted by atomic mass is 35.5. The lowest BCUT2D eigenvalue weighted by Gasteiger charge is -2.38. The van der Waals surface area contributed by atoms with Gasteiger partial charge in [0.2, 0.25) is 0 Å². The minimum Gasteiger partial charge on any atom is -0.465 e. The number of pyridine rings is 1. The van der Waals surface area contributed by atoms with Crippen LogP contribution in [0.3, 0.4) is 0 Å². The fourth-order valence-electron chi connectivity index (χ4n) is 2.53. The van der Waals surface area contributed by atoms with Gasteiger partial charge in [0.1, 0.15) is 5.52 Å². The Bertz CT molecular complexity index is 742. The highest BCUT2D eigenvalue weighted by Gasteiger charge is 2.29. The van der Waals surface area contributed by atoms with Gasteiger partial charge in [0, 0.05) is 31.9 Å². The predicted molar refractivity (Wildman–Crippen MR) is 83.8 cm³/mol. The molecule has 1 aliphatic rings. The standard InChI is InChI=1S/C13H13Cl2N5O2/c1-7-6-19(2-3-20(7)13(21)22)12-10(15)17-9-4-8(14)5-16-11(9)18-12/h4-5,7H,2-3,6H2,1H3,(H,21,22). The summed E-state index contributed by atoms with van der Waals surface area (Å²) >= 11 is 12.1. The van der Waals surface area contributed by atoms with Crippen LogP contribution in [0.25, 0.3) is 11.2 Å². The highest BCUT2D eigenvalue weighted by molar-refractivity contribution is 6.32. The van der Waals surface area contributed by atoms with E-state index < -0.39 is 6.09 Å². The maximum absolute atomic E-state index is 11.1. The Morgan fingerprint density at radius 3 is 2.82 bits per heavy atom. The molecule has 2 aromatic heterocycles. The molecule has 0 aliphatic carbocycles. The minimum absolute atomic E-state index is 0.155. The number of rotatable bonds is 1. The monoisotopic (exact) mass is 341 g/mol. The van der Waals surface area contributed by atoms with Gasteiger partial charge in [-0.25, -0.2) is 19.7 Å². The van der Waals surface area contributed by atoms with Crippen LogP contribution in [0.4, 0.5) is 10.6 Å². The lowest BCUT2D eigenvalue weighted by Crippen LogP contribution is -2.54. The number of piperazine rings is 1. The summed E-state index contributed by atoms with van der Waals surface area (Å²) < 4.78 is 0. The zero-order valence-electron chi connectivity index (χ0n) is 11.7. The molecule has 1 atom stereocenters. The molecule has 3 rings (SSSR count). The summed E-state index contributed by atoms with van der Waals surface area (Å²) in [5, 5.41) is 9.84. The molecule has 1 fully saturated rings. The van der Waals surface area contributed by atoms with E-state index in [0.717, 1.165) is 0 Å². The van der Waals surface area contributed by atoms with Crippen LogP contribution in [-0.4, -0.2) is 56.7 Å². The highest BCUT2D eigenvalue weighted by Crippen LogP contribution is 2.27. The zero-order chi connectivity index (χ0) is 15.9. The predicted octanol–water partition coefficient (Wildman–Crippen LogP) is 2.52. The van der Waals surface area contributed by atoms with Crippen molar-refractivity contribution in [3.05, 3.63) is 22.4 Å². The normalized spacial score (nSPS) is 18.8. The van der Waals surface area contributed by atoms with Crippen LogP contribution in [0.5, 0.6) is 0 Å². The molecule has 2 aromatic rings. The minimum atomic E-state index is -0.917. The average molecular weight is 342 g/mol. The number of nitrogens with zero attached hydrogens (tertiary/aromatic N) is 5. The number of carbonyl (C=O) groups is 1. The van der Waals surface area contributed by atoms with E-state index in [1.54, 1.807) is 6.07 Å². The molecular weight excluding hydrogens is 329 g/mol. The van der Waals surface area contributed by atoms with Crippen LogP contribution in [0.15, 0.2) is 12.3 Å². The van der Waals surface area contributed by atoms with Gasteiger partial charge in [-0.3, -0.25) is 0 Å². The molecule has 1 aliphatic heterocycles. The summed E-state index contributed by atoms with van der Waals surface area (Å²) in [4.78, 5) is 27.3. The van der Waals surface area contributed by atoms with Gasteiger partial charge in [0.05, 0.1) is 5.02 Å². The number of anilines is 1. The number of hydrogen-bond acceptors (Lipinski definition) is 5. The average Bonchev–Trinajstić information content (AvgIpc) is 2.45. The van der Waals surface area contributed by atoms with E-state index in [0.29, 0.717) is 41.6 Å². The first-order valence-electron chi connectivity index (χ1n) is 6.69. The largest absolute Gasteiger partial charge is 0.465 e. The van der Waals surface area contributed by atoms with Crippen molar-refractivity contribution >= 4 is 46.3 Å². The molecule has 0 spiro atoms. The number of fused-ring (bicyclic) bond motifs is 1. The fourth-order valence-corrected chi connectivity index (χ4v) is 2.93. The second-order valence-electron chi connectivity index (χ2n) is 5.11. The van der Waals surface area contributed by atoms with Crippen molar-refractivity contribution in [2.45, 2.75) is 13.0 Å². The third-order valence-corrected chi connectivity index (χ3v) is 4.06. The van der Waals surface area contributed by atoms with Crippen molar-refractivity contribution in [1.29, 1.82) is 0 Å². The van der Waals surface area contributed by atoms with E-state index in [1.807, 2.05) is 11.8 Å². The molecule has 1 amide bonds. The summed E-state index contributed by atoms with van der Waals surface area (Å²) in [6.45, 7) is 3.24. The Kier molecular flexibility index (Phi) is 3.92. The van der Waals surface area contributed by atoms with Crippen LogP contribution in [0, 0.1) is 0 Å². The van der Waals surface area contributed by atoms with Crippen LogP contribution < -0.4 is 4.90 Å². The summed E-state index contributed by atoms with van der Waals surface area (Å²) in [5.74, 6) is 0.515. The first-order chi connectivity index (χ1) is 10.5. The summed E-state index contributed by atoms with van der Waals surface area (Å²) in [6.07, 6.45) is 0.584. The molecule has 1 unspecified atom stereocenters. The van der Waals surface area contributed by atoms with Crippen molar-refractivity contribution in [3.8, 4) is 0 Å². The molecule has 0 saturated carbocycles. The van der Waals surface area contributed by atoms with E-state index >= 15 is 0 Å². The lowest BCUT2D eigenvalue weighted by atomic mass is 10.2. The first kappa shape index (κ1) is 15.1. The lowest BCUT2D eigenvalue weighted by molar-refractivity contribution is 0.122. The van der Waals surface area contributed by atoms with Crippen LogP contribution in [0.1, 0.15) is 6.92 Å². The number of aromatic nitrogens is 3. The quantitative estimate of drug-likeness (QED) is 0.858. The third kappa shape index (κ3) is 2.74. The Morgan fingerprint density at radius 2 is 2.14 bits per heavy atom. The maximum Gasteiger partial charge on any atom is 0.407 e. The molecule has 7 nitrogen and oxygen atoms in total. The summed E-state index contributed by atoms with van der Waals surface area (Å²) in [5.41, 5.74) is 0.982. The van der Waals surface area contributed by atoms with Crippen molar-refractivity contribution < 1.29 is 9.90 Å². The molecule has 22 heavy (non-hydrogen) atoms. The van der Waals surface area contributed by atoms with Crippen molar-refractivity contribution in [2.75, 3.05) is 24.5 Å². The van der Waals surface area contributed by atoms with Crippen molar-refractivity contribution in [2.24, 2.45) is 0 Å². The topological polar surface area (TPSA) is 82.5 Å². The third-order valence-electron chi connectivity index (χ3n) is 3.60. The van der Waals surface area contributed by atoms with Gasteiger partial charge >= 0.3 is 6.09 Å². The molecule has 0 bridgehead atoms. The molecule has 9 heteroatoms. The van der Waals surface area contributed by atoms with E-state index in [-0.39, 0.29) is 11.2 Å². The smallest absolute Gasteiger partial charge is 0.407 e. The van der Waals surface area contributed by atoms with Crippen molar-refractivity contribution in [3.63, 3.8) is 0 Å². The van der Waals surface area contributed by atoms with Gasteiger partial charge in [-0.1, -0.05) is 23.2 Å². The Balaban J connectivity index is 1.92. The number of halogens is 2. The summed E-state index contributed by atoms with van der Waals surface area (Å²) in [6, 6.07) is 1.50. The van der Waals surface area contributed by atoms with Gasteiger partial charge < -0.3 is 14.9 Å². The Morgan fingerprint density at radius 1 is 1.36 bits per heavy atom. The second-order valence-corrected chi connectivity index (χ2v) is 5.90. The SMILES string of the molecule is CC1CN(c2nc3ncc(Cl)cc3nc2Cl)CCN1C(=O)O. The first-order valence-corrected chi connectivity index (χ1v) is 7.44. The Hall–Kier alpha value is -1.86. The van der Waals surface area contributed by atoms with Crippen molar-refractivity contribution in [1.82, 2.24) is 19.9 Å². The summed E-state index contributed by atoms with van der Waals surface area (Å²) in [7, 11) is 0. The van der Waals surface area contributed by atoms with E-state index in [2.05, 4.69) is 15.0 Å². The number of carboxylic acid groups (broad SMARTS) is 1. The van der Waals surface area contributed by atoms with Crippen LogP contribution >= 0.6 is 23.2 Å². The number of hydrogen-bond donors (Lipinski definition) is 1. The van der Waals surface area contributed by atoms with Crippen LogP contribution in [-0.2, 0) is 0 Å². The molecule has 0 radical (unpaired) electrons. The Labute approximate surface area is 136 Å². The van der Waals surface area contributed by atoms with Gasteiger partial charge in [-0.15, -0.1) is 0 Å². The van der Waals surface area contributed by atoms with Gasteiger partial charge in [-0.2, -0.15) is 0 Å². The van der Waals surface area contributed by atoms with E-state index in [9.17, 15) is 4.79 Å². The molecular formula is C13H13Cl2N5O2. The fraction of sp³-hybridized carbons (Fsp3) is 0.385. The molecule has 1 saturated heterocycles. The molecule has 3 heterocycles. The van der Waals surface area contributed by atoms with Gasteiger partial charge in [0.15, 0.2) is 16.6 Å².